The molecule has 0 spiro atoms. The van der Waals surface area contributed by atoms with E-state index in [1.807, 2.05) is 66.1 Å². The van der Waals surface area contributed by atoms with Gasteiger partial charge in [0, 0.05) is 12.1 Å². The van der Waals surface area contributed by atoms with Gasteiger partial charge in [-0.15, -0.1) is 11.8 Å². The number of hydrogen-bond acceptors (Lipinski definition) is 7. The van der Waals surface area contributed by atoms with Crippen molar-refractivity contribution in [3.8, 4) is 0 Å². The Bertz CT molecular complexity index is 1460. The van der Waals surface area contributed by atoms with Crippen molar-refractivity contribution in [2.24, 2.45) is 5.92 Å². The van der Waals surface area contributed by atoms with Crippen LogP contribution in [0.3, 0.4) is 0 Å². The Balaban J connectivity index is 1.36. The Labute approximate surface area is 255 Å². The first-order chi connectivity index (χ1) is 20.6. The van der Waals surface area contributed by atoms with Crippen molar-refractivity contribution < 1.29 is 28.7 Å². The van der Waals surface area contributed by atoms with Crippen molar-refractivity contribution >= 4 is 35.6 Å². The molecule has 0 aromatic heterocycles. The largest absolute Gasteiger partial charge is 0.451 e. The van der Waals surface area contributed by atoms with Gasteiger partial charge in [-0.05, 0) is 73.6 Å². The summed E-state index contributed by atoms with van der Waals surface area (Å²) in [5.74, 6) is -0.977. The number of hydrogen-bond donors (Lipinski definition) is 2. The molecule has 0 radical (unpaired) electrons. The van der Waals surface area contributed by atoms with Gasteiger partial charge in [-0.3, -0.25) is 9.59 Å². The molecule has 3 atom stereocenters. The van der Waals surface area contributed by atoms with Gasteiger partial charge in [0.2, 0.25) is 11.8 Å². The average molecular weight is 602 g/mol. The van der Waals surface area contributed by atoms with E-state index in [-0.39, 0.29) is 11.8 Å². The number of rotatable bonds is 7. The molecule has 3 amide bonds. The Kier molecular flexibility index (Phi) is 7.81. The first kappa shape index (κ1) is 29.0. The van der Waals surface area contributed by atoms with Crippen LogP contribution in [0, 0.1) is 5.92 Å². The van der Waals surface area contributed by atoms with Crippen LogP contribution in [0.15, 0.2) is 82.8 Å². The van der Waals surface area contributed by atoms with E-state index in [1.54, 1.807) is 20.8 Å². The maximum absolute atomic E-state index is 14.4. The Morgan fingerprint density at radius 2 is 1.63 bits per heavy atom. The quantitative estimate of drug-likeness (QED) is 0.271. The lowest BCUT2D eigenvalue weighted by atomic mass is 9.87. The molecule has 1 aliphatic carbocycles. The van der Waals surface area contributed by atoms with Crippen LogP contribution < -0.4 is 10.6 Å². The molecule has 3 fully saturated rings. The molecule has 3 heterocycles. The molecule has 2 saturated heterocycles. The summed E-state index contributed by atoms with van der Waals surface area (Å²) in [6.45, 7) is 5.79. The van der Waals surface area contributed by atoms with Gasteiger partial charge in [0.05, 0.1) is 0 Å². The third-order valence-corrected chi connectivity index (χ3v) is 9.05. The molecule has 224 valence electrons. The predicted octanol–water partition coefficient (Wildman–Crippen LogP) is 4.61. The van der Waals surface area contributed by atoms with E-state index < -0.39 is 47.1 Å². The molecule has 10 heteroatoms. The van der Waals surface area contributed by atoms with E-state index in [1.165, 1.54) is 16.7 Å². The number of ether oxygens (including phenoxy) is 2. The predicted molar refractivity (Wildman–Crippen MR) is 161 cm³/mol. The topological polar surface area (TPSA) is 114 Å². The molecule has 2 aromatic rings. The second kappa shape index (κ2) is 11.6. The molecule has 0 bridgehead atoms. The van der Waals surface area contributed by atoms with Crippen molar-refractivity contribution in [1.29, 1.82) is 0 Å². The number of fused-ring (bicyclic) bond motifs is 1. The van der Waals surface area contributed by atoms with Crippen LogP contribution >= 0.6 is 11.8 Å². The number of nitrogens with one attached hydrogen (secondary N) is 2. The summed E-state index contributed by atoms with van der Waals surface area (Å²) in [4.78, 5) is 55.0. The first-order valence-electron chi connectivity index (χ1n) is 14.6. The highest BCUT2D eigenvalue weighted by Gasteiger charge is 2.58. The van der Waals surface area contributed by atoms with Gasteiger partial charge in [0.15, 0.2) is 12.1 Å². The zero-order valence-corrected chi connectivity index (χ0v) is 25.2. The van der Waals surface area contributed by atoms with E-state index in [9.17, 15) is 19.2 Å². The van der Waals surface area contributed by atoms with Gasteiger partial charge < -0.3 is 25.0 Å². The highest BCUT2D eigenvalue weighted by molar-refractivity contribution is 8.03. The monoisotopic (exact) mass is 601 g/mol. The molecule has 9 nitrogen and oxygen atoms in total. The number of esters is 1. The second-order valence-corrected chi connectivity index (χ2v) is 13.2. The minimum atomic E-state index is -1.07. The fraction of sp³-hybridized carbons (Fsp3) is 0.394. The molecule has 1 saturated carbocycles. The number of β-lactam (4-membered cyclic amide) rings is 1. The highest BCUT2D eigenvalue weighted by atomic mass is 32.2. The molecule has 6 rings (SSSR count). The van der Waals surface area contributed by atoms with Gasteiger partial charge in [0.1, 0.15) is 17.0 Å². The second-order valence-electron chi connectivity index (χ2n) is 12.2. The van der Waals surface area contributed by atoms with Crippen LogP contribution in [-0.4, -0.2) is 58.4 Å². The summed E-state index contributed by atoms with van der Waals surface area (Å²) in [5.41, 5.74) is 3.01. The molecule has 2 aromatic carbocycles. The number of carbonyl (C=O) groups is 4. The maximum atomic E-state index is 14.4. The van der Waals surface area contributed by atoms with Crippen LogP contribution in [-0.2, 0) is 23.9 Å². The summed E-state index contributed by atoms with van der Waals surface area (Å²) >= 11 is 1.36. The zero-order valence-electron chi connectivity index (χ0n) is 24.4. The first-order valence-corrected chi connectivity index (χ1v) is 15.6. The summed E-state index contributed by atoms with van der Waals surface area (Å²) in [5, 5.41) is 6.93. The van der Waals surface area contributed by atoms with Crippen molar-refractivity contribution in [2.45, 2.75) is 69.2 Å². The van der Waals surface area contributed by atoms with Gasteiger partial charge in [-0.25, -0.2) is 9.59 Å². The molecule has 0 unspecified atom stereocenters. The van der Waals surface area contributed by atoms with Gasteiger partial charge in [0.25, 0.3) is 0 Å². The van der Waals surface area contributed by atoms with Gasteiger partial charge in [-0.2, -0.15) is 0 Å². The summed E-state index contributed by atoms with van der Waals surface area (Å²) in [6.07, 6.45) is 0.977. The molecule has 4 aliphatic rings. The Morgan fingerprint density at radius 1 is 1.00 bits per heavy atom. The van der Waals surface area contributed by atoms with E-state index in [2.05, 4.69) is 10.6 Å². The summed E-state index contributed by atoms with van der Waals surface area (Å²) in [6, 6.07) is 17.0. The number of carbonyl (C=O) groups excluding carboxylic acids is 4. The van der Waals surface area contributed by atoms with Gasteiger partial charge in [-0.1, -0.05) is 60.7 Å². The Morgan fingerprint density at radius 3 is 2.16 bits per heavy atom. The normalized spacial score (nSPS) is 24.4. The zero-order chi connectivity index (χ0) is 30.3. The number of benzene rings is 2. The lowest BCUT2D eigenvalue weighted by molar-refractivity contribution is -0.164. The fourth-order valence-electron chi connectivity index (χ4n) is 5.85. The molecule has 3 aliphatic heterocycles. The molecule has 2 N–H and O–H groups in total. The number of nitrogens with zero attached hydrogens (tertiary/aromatic N) is 1. The van der Waals surface area contributed by atoms with E-state index in [0.717, 1.165) is 29.5 Å². The van der Waals surface area contributed by atoms with Crippen molar-refractivity contribution in [3.63, 3.8) is 0 Å². The minimum Gasteiger partial charge on any atom is -0.451 e. The van der Waals surface area contributed by atoms with Crippen LogP contribution in [0.25, 0.3) is 0 Å². The summed E-state index contributed by atoms with van der Waals surface area (Å²) in [7, 11) is 0. The Hall–Kier alpha value is -4.05. The van der Waals surface area contributed by atoms with Crippen molar-refractivity contribution in [1.82, 2.24) is 15.5 Å². The smallest absolute Gasteiger partial charge is 0.408 e. The molecular weight excluding hydrogens is 566 g/mol. The standard InChI is InChI=1S/C33H35N3O6S/c1-33(2,3)42-32(40)35-25-29(38)36-26(23(18-43-30(25)36)24(19-14-15-19)22-16-17-34-28(22)37)31(39)41-27(20-10-6-4-7-11-20)21-12-8-5-9-13-21/h4-13,18-19,25-27,30H,14-17H2,1-3H3,(H,34,37)(H,35,40)/t25-,26-,30-/m1/s1. The summed E-state index contributed by atoms with van der Waals surface area (Å²) < 4.78 is 11.7. The molecular formula is C33H35N3O6S. The van der Waals surface area contributed by atoms with Crippen LogP contribution in [0.5, 0.6) is 0 Å². The van der Waals surface area contributed by atoms with Crippen LogP contribution in [0.2, 0.25) is 0 Å². The molecule has 43 heavy (non-hydrogen) atoms. The minimum absolute atomic E-state index is 0.132. The van der Waals surface area contributed by atoms with Crippen LogP contribution in [0.1, 0.15) is 57.3 Å². The van der Waals surface area contributed by atoms with Crippen LogP contribution in [0.4, 0.5) is 4.79 Å². The number of amides is 3. The average Bonchev–Trinajstić information content (AvgIpc) is 3.74. The van der Waals surface area contributed by atoms with E-state index >= 15 is 0 Å². The number of thioether (sulfide) groups is 1. The third kappa shape index (κ3) is 5.93. The van der Waals surface area contributed by atoms with Gasteiger partial charge >= 0.3 is 12.1 Å². The van der Waals surface area contributed by atoms with E-state index in [0.29, 0.717) is 24.1 Å². The fourth-order valence-corrected chi connectivity index (χ4v) is 7.09. The lowest BCUT2D eigenvalue weighted by Gasteiger charge is -2.52. The maximum Gasteiger partial charge on any atom is 0.408 e. The highest BCUT2D eigenvalue weighted by Crippen LogP contribution is 2.50. The van der Waals surface area contributed by atoms with Crippen molar-refractivity contribution in [2.75, 3.05) is 6.54 Å². The SMILES string of the molecule is CC(C)(C)OC(=O)N[C@@H]1C(=O)N2[C@@H](C(=O)OC(c3ccccc3)c3ccccc3)C(C(=C3CCNC3=O)C3CC3)=CS[C@H]12. The number of alkyl carbamates (subject to hydrolysis) is 1. The van der Waals surface area contributed by atoms with E-state index in [4.69, 9.17) is 9.47 Å². The van der Waals surface area contributed by atoms with Crippen molar-refractivity contribution in [3.05, 3.63) is 93.9 Å². The third-order valence-electron chi connectivity index (χ3n) is 7.88. The lowest BCUT2D eigenvalue weighted by Crippen LogP contribution is -2.74.